The van der Waals surface area contributed by atoms with Crippen LogP contribution in [0.5, 0.6) is 5.75 Å². The van der Waals surface area contributed by atoms with Gasteiger partial charge in [-0.25, -0.2) is 9.38 Å². The Kier molecular flexibility index (Phi) is 2.71. The van der Waals surface area contributed by atoms with Gasteiger partial charge in [0.15, 0.2) is 5.72 Å². The molecule has 1 aromatic heterocycles. The number of halogens is 1. The van der Waals surface area contributed by atoms with Crippen LogP contribution in [0.15, 0.2) is 52.4 Å². The summed E-state index contributed by atoms with van der Waals surface area (Å²) in [5, 5.41) is 0. The summed E-state index contributed by atoms with van der Waals surface area (Å²) in [6.45, 7) is 3.57. The molecule has 0 spiro atoms. The normalized spacial score (nSPS) is 16.1. The third-order valence-corrected chi connectivity index (χ3v) is 2.97. The molecule has 3 rings (SSSR count). The van der Waals surface area contributed by atoms with Crippen LogP contribution in [-0.4, -0.2) is 16.1 Å². The smallest absolute Gasteiger partial charge is 0.256 e. The molecule has 2 aromatic rings. The number of hydrogen-bond donors (Lipinski definition) is 0. The monoisotopic (exact) mass is 272 g/mol. The van der Waals surface area contributed by atoms with Crippen molar-refractivity contribution in [1.29, 1.82) is 0 Å². The molecule has 1 aliphatic heterocycles. The van der Waals surface area contributed by atoms with Crippen molar-refractivity contribution in [1.82, 2.24) is 4.57 Å². The predicted molar refractivity (Wildman–Crippen MR) is 73.7 cm³/mol. The number of ether oxygens (including phenoxy) is 1. The standard InChI is InChI=1S/C15H13FN2O2/c1-15(2)17-14(18-8-4-3-5-13(18)19)11-9-10(16)6-7-12(11)20-15/h3-9H,1-2H3. The van der Waals surface area contributed by atoms with Gasteiger partial charge < -0.3 is 4.74 Å². The van der Waals surface area contributed by atoms with E-state index >= 15 is 0 Å². The summed E-state index contributed by atoms with van der Waals surface area (Å²) in [4.78, 5) is 16.4. The van der Waals surface area contributed by atoms with E-state index < -0.39 is 11.5 Å². The number of aromatic nitrogens is 1. The van der Waals surface area contributed by atoms with Crippen LogP contribution in [0.3, 0.4) is 0 Å². The Hall–Kier alpha value is -2.43. The Morgan fingerprint density at radius 2 is 2.05 bits per heavy atom. The first kappa shape index (κ1) is 12.6. The fourth-order valence-corrected chi connectivity index (χ4v) is 2.16. The minimum absolute atomic E-state index is 0.223. The highest BCUT2D eigenvalue weighted by Gasteiger charge is 2.29. The van der Waals surface area contributed by atoms with E-state index in [1.165, 1.54) is 22.8 Å². The Morgan fingerprint density at radius 3 is 2.80 bits per heavy atom. The SMILES string of the molecule is CC1(C)N=C(n2ccccc2=O)c2cc(F)ccc2O1. The molecule has 102 valence electrons. The summed E-state index contributed by atoms with van der Waals surface area (Å²) in [5.74, 6) is 0.502. The van der Waals surface area contributed by atoms with Gasteiger partial charge in [-0.2, -0.15) is 0 Å². The highest BCUT2D eigenvalue weighted by Crippen LogP contribution is 2.30. The van der Waals surface area contributed by atoms with Gasteiger partial charge in [-0.3, -0.25) is 9.36 Å². The van der Waals surface area contributed by atoms with E-state index in [2.05, 4.69) is 4.99 Å². The largest absolute Gasteiger partial charge is 0.466 e. The van der Waals surface area contributed by atoms with Gasteiger partial charge in [0, 0.05) is 12.3 Å². The highest BCUT2D eigenvalue weighted by molar-refractivity contribution is 6.03. The van der Waals surface area contributed by atoms with Gasteiger partial charge in [-0.1, -0.05) is 6.07 Å². The van der Waals surface area contributed by atoms with Gasteiger partial charge in [-0.05, 0) is 38.1 Å². The van der Waals surface area contributed by atoms with Gasteiger partial charge in [0.05, 0.1) is 5.56 Å². The molecule has 4 nitrogen and oxygen atoms in total. The zero-order chi connectivity index (χ0) is 14.3. The summed E-state index contributed by atoms with van der Waals surface area (Å²) in [5.41, 5.74) is -0.563. The quantitative estimate of drug-likeness (QED) is 0.739. The van der Waals surface area contributed by atoms with Crippen LogP contribution in [-0.2, 0) is 0 Å². The molecule has 0 radical (unpaired) electrons. The molecule has 1 aliphatic rings. The number of nitrogens with zero attached hydrogens (tertiary/aromatic N) is 2. The maximum atomic E-state index is 13.5. The second-order valence-corrected chi connectivity index (χ2v) is 5.03. The van der Waals surface area contributed by atoms with Crippen molar-refractivity contribution in [2.75, 3.05) is 0 Å². The topological polar surface area (TPSA) is 43.6 Å². The van der Waals surface area contributed by atoms with Crippen molar-refractivity contribution in [2.24, 2.45) is 4.99 Å². The molecule has 0 saturated heterocycles. The molecule has 0 amide bonds. The Balaban J connectivity index is 2.28. The molecule has 20 heavy (non-hydrogen) atoms. The molecule has 0 bridgehead atoms. The predicted octanol–water partition coefficient (Wildman–Crippen LogP) is 2.41. The Labute approximate surface area is 115 Å². The third kappa shape index (κ3) is 2.11. The highest BCUT2D eigenvalue weighted by atomic mass is 19.1. The lowest BCUT2D eigenvalue weighted by molar-refractivity contribution is 0.114. The molecule has 1 aromatic carbocycles. The number of hydrogen-bond acceptors (Lipinski definition) is 3. The first-order valence-corrected chi connectivity index (χ1v) is 6.23. The molecular weight excluding hydrogens is 259 g/mol. The molecule has 0 fully saturated rings. The van der Waals surface area contributed by atoms with Crippen molar-refractivity contribution in [3.8, 4) is 5.75 Å². The molecule has 0 saturated carbocycles. The summed E-state index contributed by atoms with van der Waals surface area (Å²) in [7, 11) is 0. The summed E-state index contributed by atoms with van der Waals surface area (Å²) in [6.07, 6.45) is 1.61. The first-order chi connectivity index (χ1) is 9.46. The minimum Gasteiger partial charge on any atom is -0.466 e. The van der Waals surface area contributed by atoms with Crippen LogP contribution < -0.4 is 10.3 Å². The number of pyridine rings is 1. The van der Waals surface area contributed by atoms with Crippen molar-refractivity contribution >= 4 is 5.84 Å². The maximum absolute atomic E-state index is 13.5. The zero-order valence-corrected chi connectivity index (χ0v) is 11.1. The number of benzene rings is 1. The molecule has 0 atom stereocenters. The van der Waals surface area contributed by atoms with Gasteiger partial charge >= 0.3 is 0 Å². The van der Waals surface area contributed by atoms with E-state index in [0.29, 0.717) is 17.1 Å². The Morgan fingerprint density at radius 1 is 1.25 bits per heavy atom. The second kappa shape index (κ2) is 4.30. The van der Waals surface area contributed by atoms with E-state index in [1.54, 1.807) is 38.2 Å². The van der Waals surface area contributed by atoms with E-state index in [-0.39, 0.29) is 5.56 Å². The molecule has 0 unspecified atom stereocenters. The van der Waals surface area contributed by atoms with E-state index in [1.807, 2.05) is 0 Å². The Bertz CT molecular complexity index is 762. The van der Waals surface area contributed by atoms with Crippen molar-refractivity contribution in [3.05, 3.63) is 64.3 Å². The van der Waals surface area contributed by atoms with Crippen LogP contribution in [0.25, 0.3) is 0 Å². The second-order valence-electron chi connectivity index (χ2n) is 5.03. The lowest BCUT2D eigenvalue weighted by Crippen LogP contribution is -2.37. The third-order valence-electron chi connectivity index (χ3n) is 2.97. The molecule has 5 heteroatoms. The number of rotatable bonds is 0. The van der Waals surface area contributed by atoms with E-state index in [0.717, 1.165) is 0 Å². The van der Waals surface area contributed by atoms with Crippen molar-refractivity contribution in [2.45, 2.75) is 19.6 Å². The summed E-state index contributed by atoms with van der Waals surface area (Å²) in [6, 6.07) is 9.01. The van der Waals surface area contributed by atoms with Gasteiger partial charge in [0.1, 0.15) is 17.4 Å². The fraction of sp³-hybridized carbons (Fsp3) is 0.200. The molecule has 0 aliphatic carbocycles. The molecular formula is C15H13FN2O2. The van der Waals surface area contributed by atoms with Crippen LogP contribution in [0.2, 0.25) is 0 Å². The average Bonchev–Trinajstić information content (AvgIpc) is 2.38. The van der Waals surface area contributed by atoms with Crippen LogP contribution in [0, 0.1) is 5.82 Å². The molecule has 0 N–H and O–H groups in total. The first-order valence-electron chi connectivity index (χ1n) is 6.23. The maximum Gasteiger partial charge on any atom is 0.256 e. The van der Waals surface area contributed by atoms with Crippen LogP contribution in [0.1, 0.15) is 19.4 Å². The average molecular weight is 272 g/mol. The van der Waals surface area contributed by atoms with E-state index in [4.69, 9.17) is 4.74 Å². The summed E-state index contributed by atoms with van der Waals surface area (Å²) >= 11 is 0. The van der Waals surface area contributed by atoms with Gasteiger partial charge in [-0.15, -0.1) is 0 Å². The minimum atomic E-state index is -0.810. The summed E-state index contributed by atoms with van der Waals surface area (Å²) < 4.78 is 20.6. The van der Waals surface area contributed by atoms with E-state index in [9.17, 15) is 9.18 Å². The van der Waals surface area contributed by atoms with Gasteiger partial charge in [0.25, 0.3) is 5.56 Å². The number of aliphatic imine (C=N–C) groups is 1. The van der Waals surface area contributed by atoms with Crippen molar-refractivity contribution < 1.29 is 9.13 Å². The zero-order valence-electron chi connectivity index (χ0n) is 11.1. The fourth-order valence-electron chi connectivity index (χ4n) is 2.16. The van der Waals surface area contributed by atoms with Gasteiger partial charge in [0.2, 0.25) is 0 Å². The van der Waals surface area contributed by atoms with Crippen molar-refractivity contribution in [3.63, 3.8) is 0 Å². The number of fused-ring (bicyclic) bond motifs is 1. The van der Waals surface area contributed by atoms with Crippen LogP contribution in [0.4, 0.5) is 4.39 Å². The molecule has 2 heterocycles. The lowest BCUT2D eigenvalue weighted by atomic mass is 10.1. The van der Waals surface area contributed by atoms with Crippen LogP contribution >= 0.6 is 0 Å². The lowest BCUT2D eigenvalue weighted by Gasteiger charge is -2.30.